The summed E-state index contributed by atoms with van der Waals surface area (Å²) >= 11 is 0. The normalized spacial score (nSPS) is 24.0. The van der Waals surface area contributed by atoms with Gasteiger partial charge in [-0.3, -0.25) is 4.98 Å². The zero-order valence-corrected chi connectivity index (χ0v) is 10.6. The molecule has 0 aliphatic carbocycles. The van der Waals surface area contributed by atoms with Gasteiger partial charge in [0.2, 0.25) is 0 Å². The maximum atomic E-state index is 8.11. The molecule has 17 heavy (non-hydrogen) atoms. The lowest BCUT2D eigenvalue weighted by atomic mass is 9.79. The fraction of sp³-hybridized carbons (Fsp3) is 0.462. The van der Waals surface area contributed by atoms with Crippen LogP contribution in [0.15, 0.2) is 24.8 Å². The molecular weight excluding hydrogens is 213 g/mol. The predicted octanol–water partition coefficient (Wildman–Crippen LogP) is 2.02. The average Bonchev–Trinajstić information content (AvgIpc) is 2.53. The predicted molar refractivity (Wildman–Crippen MR) is 70.0 cm³/mol. The fourth-order valence-electron chi connectivity index (χ4n) is 1.52. The Morgan fingerprint density at radius 3 is 2.47 bits per heavy atom. The van der Waals surface area contributed by atoms with Gasteiger partial charge in [0.1, 0.15) is 0 Å². The first kappa shape index (κ1) is 8.89. The van der Waals surface area contributed by atoms with E-state index in [0.717, 1.165) is 0 Å². The smallest absolute Gasteiger partial charge is 0.399 e. The summed E-state index contributed by atoms with van der Waals surface area (Å²) in [5.41, 5.74) is -0.624. The van der Waals surface area contributed by atoms with Crippen LogP contribution in [0.5, 0.6) is 0 Å². The molecule has 0 radical (unpaired) electrons. The van der Waals surface area contributed by atoms with E-state index in [9.17, 15) is 0 Å². The number of rotatable bonds is 2. The summed E-state index contributed by atoms with van der Waals surface area (Å²) in [6.07, 6.45) is 1.19. The highest BCUT2D eigenvalue weighted by Crippen LogP contribution is 2.36. The molecule has 0 N–H and O–H groups in total. The highest BCUT2D eigenvalue weighted by molar-refractivity contribution is 6.62. The van der Waals surface area contributed by atoms with Crippen molar-refractivity contribution in [1.29, 1.82) is 0 Å². The van der Waals surface area contributed by atoms with Gasteiger partial charge in [0.15, 0.2) is 0 Å². The summed E-state index contributed by atoms with van der Waals surface area (Å²) in [5.74, 6) is 0. The van der Waals surface area contributed by atoms with Crippen molar-refractivity contribution in [3.05, 3.63) is 30.5 Å². The van der Waals surface area contributed by atoms with Crippen LogP contribution in [0.25, 0.3) is 6.08 Å². The quantitative estimate of drug-likeness (QED) is 0.733. The molecule has 0 amide bonds. The van der Waals surface area contributed by atoms with Gasteiger partial charge in [-0.2, -0.15) is 0 Å². The van der Waals surface area contributed by atoms with E-state index in [1.54, 1.807) is 0 Å². The van der Waals surface area contributed by atoms with Gasteiger partial charge in [-0.25, -0.2) is 0 Å². The minimum absolute atomic E-state index is 0.0273. The van der Waals surface area contributed by atoms with Gasteiger partial charge in [0, 0.05) is 6.17 Å². The largest absolute Gasteiger partial charge is 0.494 e. The Hall–Kier alpha value is -1.13. The standard InChI is InChI=1S/C13H18BNO2/c1-6-11-9-10(7-8-15-11)14-16-12(2,3)13(4,5)17-14/h6-9H,1H2,2-5H3/i7D,8D,9D. The molecule has 0 atom stereocenters. The van der Waals surface area contributed by atoms with Crippen LogP contribution in [0.1, 0.15) is 37.5 Å². The van der Waals surface area contributed by atoms with Crippen LogP contribution in [-0.4, -0.2) is 23.3 Å². The third-order valence-corrected chi connectivity index (χ3v) is 3.31. The zero-order chi connectivity index (χ0) is 15.3. The molecule has 1 aliphatic rings. The molecule has 1 aromatic rings. The van der Waals surface area contributed by atoms with E-state index in [2.05, 4.69) is 11.6 Å². The lowest BCUT2D eigenvalue weighted by Crippen LogP contribution is -2.41. The number of nitrogens with zero attached hydrogens (tertiary/aromatic N) is 1. The van der Waals surface area contributed by atoms with Crippen molar-refractivity contribution < 1.29 is 13.4 Å². The molecule has 0 bridgehead atoms. The van der Waals surface area contributed by atoms with Crippen LogP contribution in [-0.2, 0) is 9.31 Å². The lowest BCUT2D eigenvalue weighted by molar-refractivity contribution is 0.00578. The van der Waals surface area contributed by atoms with Gasteiger partial charge < -0.3 is 9.31 Å². The molecule has 2 heterocycles. The van der Waals surface area contributed by atoms with E-state index in [1.165, 1.54) is 6.08 Å². The lowest BCUT2D eigenvalue weighted by Gasteiger charge is -2.32. The van der Waals surface area contributed by atoms with Crippen LogP contribution in [0.4, 0.5) is 0 Å². The van der Waals surface area contributed by atoms with Crippen molar-refractivity contribution in [1.82, 2.24) is 4.98 Å². The van der Waals surface area contributed by atoms with Crippen molar-refractivity contribution >= 4 is 18.7 Å². The van der Waals surface area contributed by atoms with Gasteiger partial charge in [-0.1, -0.05) is 6.58 Å². The Bertz CT molecular complexity index is 559. The molecule has 0 unspecified atom stereocenters. The van der Waals surface area contributed by atoms with E-state index < -0.39 is 18.3 Å². The van der Waals surface area contributed by atoms with Gasteiger partial charge in [0.05, 0.1) is 21.0 Å². The fourth-order valence-corrected chi connectivity index (χ4v) is 1.52. The second-order valence-electron chi connectivity index (χ2n) is 5.06. The Kier molecular flexibility index (Phi) is 2.07. The Balaban J connectivity index is 2.55. The second kappa shape index (κ2) is 3.96. The molecule has 1 fully saturated rings. The minimum Gasteiger partial charge on any atom is -0.399 e. The molecule has 0 saturated carbocycles. The molecule has 4 heteroatoms. The first-order valence-corrected chi connectivity index (χ1v) is 5.56. The van der Waals surface area contributed by atoms with Crippen molar-refractivity contribution in [3.8, 4) is 0 Å². The molecular formula is C13H18BNO2. The van der Waals surface area contributed by atoms with Crippen LogP contribution >= 0.6 is 0 Å². The van der Waals surface area contributed by atoms with Gasteiger partial charge in [0.25, 0.3) is 0 Å². The monoisotopic (exact) mass is 234 g/mol. The topological polar surface area (TPSA) is 31.4 Å². The molecule has 3 nitrogen and oxygen atoms in total. The summed E-state index contributed by atoms with van der Waals surface area (Å²) in [7, 11) is -0.842. The molecule has 0 aromatic carbocycles. The minimum atomic E-state index is -0.842. The number of hydrogen-bond acceptors (Lipinski definition) is 3. The summed E-state index contributed by atoms with van der Waals surface area (Å²) < 4.78 is 35.5. The van der Waals surface area contributed by atoms with Crippen LogP contribution in [0.3, 0.4) is 0 Å². The molecule has 90 valence electrons. The molecule has 1 aromatic heterocycles. The summed E-state index contributed by atoms with van der Waals surface area (Å²) in [5, 5.41) is 0. The maximum Gasteiger partial charge on any atom is 0.494 e. The molecule has 2 rings (SSSR count). The molecule has 1 aliphatic heterocycles. The van der Waals surface area contributed by atoms with Crippen molar-refractivity contribution in [2.45, 2.75) is 38.9 Å². The second-order valence-corrected chi connectivity index (χ2v) is 5.06. The highest BCUT2D eigenvalue weighted by atomic mass is 16.7. The Labute approximate surface area is 107 Å². The first-order chi connectivity index (χ1) is 9.10. The van der Waals surface area contributed by atoms with Crippen LogP contribution < -0.4 is 5.46 Å². The van der Waals surface area contributed by atoms with Crippen molar-refractivity contribution in [2.75, 3.05) is 0 Å². The van der Waals surface area contributed by atoms with Gasteiger partial charge in [-0.05, 0) is 51.3 Å². The molecule has 1 saturated heterocycles. The third-order valence-electron chi connectivity index (χ3n) is 3.31. The van der Waals surface area contributed by atoms with E-state index in [4.69, 9.17) is 13.4 Å². The van der Waals surface area contributed by atoms with E-state index >= 15 is 0 Å². The highest BCUT2D eigenvalue weighted by Gasteiger charge is 2.51. The van der Waals surface area contributed by atoms with Crippen LogP contribution in [0.2, 0.25) is 0 Å². The first-order valence-electron chi connectivity index (χ1n) is 7.06. The summed E-state index contributed by atoms with van der Waals surface area (Å²) in [4.78, 5) is 3.86. The van der Waals surface area contributed by atoms with E-state index in [-0.39, 0.29) is 29.4 Å². The summed E-state index contributed by atoms with van der Waals surface area (Å²) in [6, 6.07) is -0.112. The third kappa shape index (κ3) is 2.15. The number of hydrogen-bond donors (Lipinski definition) is 0. The molecule has 0 spiro atoms. The maximum absolute atomic E-state index is 8.11. The average molecular weight is 234 g/mol. The van der Waals surface area contributed by atoms with Crippen LogP contribution in [0, 0.1) is 0 Å². The van der Waals surface area contributed by atoms with E-state index in [1.807, 2.05) is 27.7 Å². The zero-order valence-electron chi connectivity index (χ0n) is 13.6. The summed E-state index contributed by atoms with van der Waals surface area (Å²) in [6.45, 7) is 11.2. The van der Waals surface area contributed by atoms with Gasteiger partial charge in [-0.15, -0.1) is 0 Å². The van der Waals surface area contributed by atoms with Crippen molar-refractivity contribution in [3.63, 3.8) is 0 Å². The van der Waals surface area contributed by atoms with E-state index in [0.29, 0.717) is 0 Å². The Morgan fingerprint density at radius 2 is 1.94 bits per heavy atom. The van der Waals surface area contributed by atoms with Crippen molar-refractivity contribution in [2.24, 2.45) is 0 Å². The van der Waals surface area contributed by atoms with Gasteiger partial charge >= 0.3 is 7.12 Å². The number of pyridine rings is 1. The SMILES string of the molecule is [2H]c1nc(C=C)c([2H])c(B2OC(C)(C)C(C)(C)O2)c1[2H]. The Morgan fingerprint density at radius 1 is 1.35 bits per heavy atom. The number of aromatic nitrogens is 1.